The van der Waals surface area contributed by atoms with Crippen LogP contribution in [0.2, 0.25) is 0 Å². The Bertz CT molecular complexity index is 442. The summed E-state index contributed by atoms with van der Waals surface area (Å²) in [5.74, 6) is 0.490. The molecule has 0 radical (unpaired) electrons. The SMILES string of the molecule is C=CC1CC(=O)N(c2nc3c(s2)CCCC3)C1. The minimum Gasteiger partial charge on any atom is -0.287 e. The smallest absolute Gasteiger partial charge is 0.229 e. The minimum absolute atomic E-state index is 0.195. The van der Waals surface area contributed by atoms with Crippen LogP contribution >= 0.6 is 11.3 Å². The molecule has 1 fully saturated rings. The zero-order chi connectivity index (χ0) is 11.8. The number of hydrogen-bond donors (Lipinski definition) is 0. The zero-order valence-corrected chi connectivity index (χ0v) is 10.6. The van der Waals surface area contributed by atoms with Crippen LogP contribution in [0.4, 0.5) is 5.13 Å². The number of aromatic nitrogens is 1. The van der Waals surface area contributed by atoms with Crippen LogP contribution in [-0.4, -0.2) is 17.4 Å². The molecular weight excluding hydrogens is 232 g/mol. The number of anilines is 1. The van der Waals surface area contributed by atoms with E-state index in [1.807, 2.05) is 11.0 Å². The number of carbonyl (C=O) groups excluding carboxylic acids is 1. The lowest BCUT2D eigenvalue weighted by atomic mass is 10.0. The fourth-order valence-corrected chi connectivity index (χ4v) is 3.71. The van der Waals surface area contributed by atoms with Crippen molar-refractivity contribution in [2.24, 2.45) is 5.92 Å². The Morgan fingerprint density at radius 1 is 1.41 bits per heavy atom. The van der Waals surface area contributed by atoms with Crippen molar-refractivity contribution in [2.45, 2.75) is 32.1 Å². The number of rotatable bonds is 2. The molecule has 3 nitrogen and oxygen atoms in total. The number of nitrogens with zero attached hydrogens (tertiary/aromatic N) is 2. The number of hydrogen-bond acceptors (Lipinski definition) is 3. The van der Waals surface area contributed by atoms with Crippen molar-refractivity contribution in [3.8, 4) is 0 Å². The second kappa shape index (κ2) is 4.26. The molecule has 1 atom stereocenters. The Kier molecular flexibility index (Phi) is 2.74. The van der Waals surface area contributed by atoms with Crippen LogP contribution in [0.25, 0.3) is 0 Å². The maximum absolute atomic E-state index is 11.9. The summed E-state index contributed by atoms with van der Waals surface area (Å²) < 4.78 is 0. The molecule has 1 aromatic heterocycles. The van der Waals surface area contributed by atoms with Gasteiger partial charge in [-0.05, 0) is 25.7 Å². The van der Waals surface area contributed by atoms with Crippen LogP contribution in [0.5, 0.6) is 0 Å². The highest BCUT2D eigenvalue weighted by molar-refractivity contribution is 7.16. The van der Waals surface area contributed by atoms with Crippen molar-refractivity contribution in [3.63, 3.8) is 0 Å². The third-order valence-electron chi connectivity index (χ3n) is 3.55. The molecular formula is C13H16N2OS. The van der Waals surface area contributed by atoms with Gasteiger partial charge in [-0.1, -0.05) is 6.08 Å². The molecule has 3 rings (SSSR count). The molecule has 0 saturated carbocycles. The van der Waals surface area contributed by atoms with Crippen molar-refractivity contribution in [1.29, 1.82) is 0 Å². The van der Waals surface area contributed by atoms with Gasteiger partial charge >= 0.3 is 0 Å². The van der Waals surface area contributed by atoms with E-state index < -0.39 is 0 Å². The monoisotopic (exact) mass is 248 g/mol. The molecule has 0 N–H and O–H groups in total. The Labute approximate surface area is 105 Å². The number of carbonyl (C=O) groups is 1. The first kappa shape index (κ1) is 11.0. The molecule has 0 bridgehead atoms. The average Bonchev–Trinajstić information content (AvgIpc) is 2.91. The summed E-state index contributed by atoms with van der Waals surface area (Å²) in [7, 11) is 0. The summed E-state index contributed by atoms with van der Waals surface area (Å²) in [5, 5.41) is 0.909. The van der Waals surface area contributed by atoms with E-state index in [2.05, 4.69) is 11.6 Å². The van der Waals surface area contributed by atoms with Gasteiger partial charge in [0.25, 0.3) is 0 Å². The van der Waals surface area contributed by atoms with Crippen molar-refractivity contribution in [1.82, 2.24) is 4.98 Å². The summed E-state index contributed by atoms with van der Waals surface area (Å²) in [6.45, 7) is 4.53. The summed E-state index contributed by atoms with van der Waals surface area (Å²) in [6.07, 6.45) is 7.19. The summed E-state index contributed by atoms with van der Waals surface area (Å²) >= 11 is 1.71. The van der Waals surface area contributed by atoms with E-state index in [9.17, 15) is 4.79 Å². The van der Waals surface area contributed by atoms with Crippen molar-refractivity contribution < 1.29 is 4.79 Å². The lowest BCUT2D eigenvalue weighted by Gasteiger charge is -2.11. The van der Waals surface area contributed by atoms with E-state index in [0.29, 0.717) is 12.3 Å². The molecule has 90 valence electrons. The number of fused-ring (bicyclic) bond motifs is 1. The van der Waals surface area contributed by atoms with Crippen LogP contribution in [0.1, 0.15) is 29.8 Å². The fourth-order valence-electron chi connectivity index (χ4n) is 2.53. The van der Waals surface area contributed by atoms with Gasteiger partial charge in [0.2, 0.25) is 5.91 Å². The topological polar surface area (TPSA) is 33.2 Å². The zero-order valence-electron chi connectivity index (χ0n) is 9.82. The van der Waals surface area contributed by atoms with Crippen LogP contribution in [-0.2, 0) is 17.6 Å². The van der Waals surface area contributed by atoms with Gasteiger partial charge < -0.3 is 0 Å². The highest BCUT2D eigenvalue weighted by Crippen LogP contribution is 2.34. The van der Waals surface area contributed by atoms with Gasteiger partial charge in [-0.3, -0.25) is 9.69 Å². The van der Waals surface area contributed by atoms with E-state index in [0.717, 1.165) is 24.5 Å². The number of amides is 1. The molecule has 0 spiro atoms. The number of thiazole rings is 1. The second-order valence-electron chi connectivity index (χ2n) is 4.78. The molecule has 1 saturated heterocycles. The van der Waals surface area contributed by atoms with Crippen LogP contribution in [0.15, 0.2) is 12.7 Å². The lowest BCUT2D eigenvalue weighted by molar-refractivity contribution is -0.117. The highest BCUT2D eigenvalue weighted by Gasteiger charge is 2.31. The van der Waals surface area contributed by atoms with Gasteiger partial charge in [-0.25, -0.2) is 4.98 Å². The summed E-state index contributed by atoms with van der Waals surface area (Å²) in [5.41, 5.74) is 1.23. The van der Waals surface area contributed by atoms with Crippen LogP contribution in [0.3, 0.4) is 0 Å². The van der Waals surface area contributed by atoms with E-state index in [4.69, 9.17) is 0 Å². The molecule has 1 unspecified atom stereocenters. The first-order valence-electron chi connectivity index (χ1n) is 6.19. The minimum atomic E-state index is 0.195. The Balaban J connectivity index is 1.87. The average molecular weight is 248 g/mol. The van der Waals surface area contributed by atoms with Crippen LogP contribution < -0.4 is 4.90 Å². The molecule has 2 aliphatic rings. The first-order chi connectivity index (χ1) is 8.28. The van der Waals surface area contributed by atoms with E-state index in [1.54, 1.807) is 11.3 Å². The van der Waals surface area contributed by atoms with Gasteiger partial charge in [0.1, 0.15) is 0 Å². The largest absolute Gasteiger partial charge is 0.287 e. The standard InChI is InChI=1S/C13H16N2OS/c1-2-9-7-12(16)15(8-9)13-14-10-5-3-4-6-11(10)17-13/h2,9H,1,3-8H2. The van der Waals surface area contributed by atoms with Gasteiger partial charge in [0.05, 0.1) is 5.69 Å². The molecule has 17 heavy (non-hydrogen) atoms. The predicted molar refractivity (Wildman–Crippen MR) is 69.4 cm³/mol. The van der Waals surface area contributed by atoms with Crippen molar-refractivity contribution in [3.05, 3.63) is 23.2 Å². The summed E-state index contributed by atoms with van der Waals surface area (Å²) in [4.78, 5) is 19.8. The van der Waals surface area contributed by atoms with E-state index in [1.165, 1.54) is 23.4 Å². The second-order valence-corrected chi connectivity index (χ2v) is 5.84. The van der Waals surface area contributed by atoms with Crippen molar-refractivity contribution in [2.75, 3.05) is 11.4 Å². The van der Waals surface area contributed by atoms with E-state index >= 15 is 0 Å². The lowest BCUT2D eigenvalue weighted by Crippen LogP contribution is -2.24. The van der Waals surface area contributed by atoms with Crippen LogP contribution in [0, 0.1) is 5.92 Å². The molecule has 0 aromatic carbocycles. The van der Waals surface area contributed by atoms with Crippen molar-refractivity contribution >= 4 is 22.4 Å². The Hall–Kier alpha value is -1.16. The third-order valence-corrected chi connectivity index (χ3v) is 4.73. The Morgan fingerprint density at radius 3 is 2.94 bits per heavy atom. The molecule has 1 aromatic rings. The van der Waals surface area contributed by atoms with Gasteiger partial charge in [-0.15, -0.1) is 17.9 Å². The normalized spacial score (nSPS) is 23.9. The molecule has 1 aliphatic carbocycles. The Morgan fingerprint density at radius 2 is 2.24 bits per heavy atom. The van der Waals surface area contributed by atoms with E-state index in [-0.39, 0.29) is 5.91 Å². The quantitative estimate of drug-likeness (QED) is 0.754. The molecule has 1 amide bonds. The molecule has 2 heterocycles. The first-order valence-corrected chi connectivity index (χ1v) is 7.01. The highest BCUT2D eigenvalue weighted by atomic mass is 32.1. The molecule has 1 aliphatic heterocycles. The molecule has 4 heteroatoms. The van der Waals surface area contributed by atoms with Gasteiger partial charge in [0, 0.05) is 23.8 Å². The number of aryl methyl sites for hydroxylation is 2. The predicted octanol–water partition coefficient (Wildman–Crippen LogP) is 2.56. The van der Waals surface area contributed by atoms with Gasteiger partial charge in [-0.2, -0.15) is 0 Å². The maximum atomic E-state index is 11.9. The summed E-state index contributed by atoms with van der Waals surface area (Å²) in [6, 6.07) is 0. The maximum Gasteiger partial charge on any atom is 0.229 e. The van der Waals surface area contributed by atoms with Gasteiger partial charge in [0.15, 0.2) is 5.13 Å². The third kappa shape index (κ3) is 1.90. The fraction of sp³-hybridized carbons (Fsp3) is 0.538.